The molecular formula is C5H9ClO5. The van der Waals surface area contributed by atoms with Crippen molar-refractivity contribution < 1.29 is 25.2 Å². The van der Waals surface area contributed by atoms with Crippen molar-refractivity contribution in [1.29, 1.82) is 0 Å². The van der Waals surface area contributed by atoms with E-state index in [1.165, 1.54) is 0 Å². The lowest BCUT2D eigenvalue weighted by molar-refractivity contribution is -0.132. The third-order valence-corrected chi connectivity index (χ3v) is 1.36. The van der Waals surface area contributed by atoms with Crippen LogP contribution in [0.5, 0.6) is 0 Å². The average molecular weight is 185 g/mol. The average Bonchev–Trinajstić information content (AvgIpc) is 2.00. The smallest absolute Gasteiger partial charge is 0.253 e. The Kier molecular flexibility index (Phi) is 4.55. The molecule has 0 bridgehead atoms. The first kappa shape index (κ1) is 10.8. The van der Waals surface area contributed by atoms with E-state index in [9.17, 15) is 4.79 Å². The summed E-state index contributed by atoms with van der Waals surface area (Å²) in [5.74, 6) is 0. The Balaban J connectivity index is 4.00. The van der Waals surface area contributed by atoms with Crippen LogP contribution in [0.15, 0.2) is 0 Å². The molecule has 11 heavy (non-hydrogen) atoms. The zero-order chi connectivity index (χ0) is 9.02. The van der Waals surface area contributed by atoms with Crippen LogP contribution < -0.4 is 0 Å². The molecule has 0 aromatic rings. The molecule has 66 valence electrons. The van der Waals surface area contributed by atoms with Crippen LogP contribution in [0, 0.1) is 0 Å². The van der Waals surface area contributed by atoms with Gasteiger partial charge in [0.1, 0.15) is 12.2 Å². The van der Waals surface area contributed by atoms with Gasteiger partial charge in [-0.25, -0.2) is 0 Å². The lowest BCUT2D eigenvalue weighted by Crippen LogP contribution is -2.42. The number of rotatable bonds is 4. The monoisotopic (exact) mass is 184 g/mol. The predicted octanol–water partition coefficient (Wildman–Crippen LogP) is -2.17. The van der Waals surface area contributed by atoms with Gasteiger partial charge in [-0.15, -0.1) is 0 Å². The number of hydrogen-bond donors (Lipinski definition) is 4. The molecular weight excluding hydrogens is 176 g/mol. The molecule has 0 unspecified atom stereocenters. The van der Waals surface area contributed by atoms with Crippen molar-refractivity contribution in [2.24, 2.45) is 0 Å². The maximum Gasteiger partial charge on any atom is 0.253 e. The van der Waals surface area contributed by atoms with Gasteiger partial charge in [0.15, 0.2) is 6.10 Å². The summed E-state index contributed by atoms with van der Waals surface area (Å²) in [7, 11) is 0. The predicted molar refractivity (Wildman–Crippen MR) is 36.0 cm³/mol. The van der Waals surface area contributed by atoms with Crippen LogP contribution in [0.1, 0.15) is 0 Å². The molecule has 0 aromatic carbocycles. The number of carbonyl (C=O) groups excluding carboxylic acids is 1. The summed E-state index contributed by atoms with van der Waals surface area (Å²) in [4.78, 5) is 10.2. The molecule has 0 spiro atoms. The van der Waals surface area contributed by atoms with E-state index in [2.05, 4.69) is 0 Å². The zero-order valence-corrected chi connectivity index (χ0v) is 6.27. The number of hydrogen-bond acceptors (Lipinski definition) is 5. The summed E-state index contributed by atoms with van der Waals surface area (Å²) in [6.07, 6.45) is -5.17. The van der Waals surface area contributed by atoms with E-state index in [0.717, 1.165) is 0 Å². The van der Waals surface area contributed by atoms with Gasteiger partial charge in [0.2, 0.25) is 0 Å². The van der Waals surface area contributed by atoms with Crippen molar-refractivity contribution in [3.63, 3.8) is 0 Å². The third-order valence-electron chi connectivity index (χ3n) is 1.14. The van der Waals surface area contributed by atoms with E-state index in [0.29, 0.717) is 0 Å². The minimum absolute atomic E-state index is 0.748. The Bertz CT molecular complexity index is 139. The maximum atomic E-state index is 10.2. The SMILES string of the molecule is O=C(Cl)[C@H](O)[C@@H](O)[C@H](O)CO. The van der Waals surface area contributed by atoms with Crippen LogP contribution in [0.4, 0.5) is 0 Å². The summed E-state index contributed by atoms with van der Waals surface area (Å²) >= 11 is 4.78. The van der Waals surface area contributed by atoms with Gasteiger partial charge in [-0.05, 0) is 11.6 Å². The van der Waals surface area contributed by atoms with E-state index in [1.807, 2.05) is 0 Å². The van der Waals surface area contributed by atoms with E-state index in [4.69, 9.17) is 32.0 Å². The van der Waals surface area contributed by atoms with Gasteiger partial charge >= 0.3 is 0 Å². The van der Waals surface area contributed by atoms with Gasteiger partial charge in [-0.3, -0.25) is 4.79 Å². The second-order valence-electron chi connectivity index (χ2n) is 1.99. The van der Waals surface area contributed by atoms with Crippen LogP contribution in [-0.4, -0.2) is 50.6 Å². The molecule has 0 radical (unpaired) electrons. The molecule has 0 saturated carbocycles. The van der Waals surface area contributed by atoms with Crippen LogP contribution in [0.2, 0.25) is 0 Å². The molecule has 3 atom stereocenters. The normalized spacial score (nSPS) is 19.0. The molecule has 5 nitrogen and oxygen atoms in total. The minimum Gasteiger partial charge on any atom is -0.394 e. The van der Waals surface area contributed by atoms with Crippen LogP contribution in [0.3, 0.4) is 0 Å². The van der Waals surface area contributed by atoms with Crippen LogP contribution in [0.25, 0.3) is 0 Å². The molecule has 4 N–H and O–H groups in total. The Morgan fingerprint density at radius 2 is 1.82 bits per heavy atom. The molecule has 0 aliphatic carbocycles. The van der Waals surface area contributed by atoms with E-state index in [-0.39, 0.29) is 0 Å². The van der Waals surface area contributed by atoms with Crippen LogP contribution >= 0.6 is 11.6 Å². The van der Waals surface area contributed by atoms with Gasteiger partial charge in [0.25, 0.3) is 5.24 Å². The Labute approximate surface area is 67.8 Å². The van der Waals surface area contributed by atoms with Crippen molar-refractivity contribution in [3.8, 4) is 0 Å². The first-order chi connectivity index (χ1) is 5.00. The number of halogens is 1. The lowest BCUT2D eigenvalue weighted by Gasteiger charge is -2.17. The van der Waals surface area contributed by atoms with E-state index >= 15 is 0 Å². The highest BCUT2D eigenvalue weighted by atomic mass is 35.5. The summed E-state index contributed by atoms with van der Waals surface area (Å²) in [6.45, 7) is -0.748. The number of aliphatic hydroxyl groups is 4. The first-order valence-electron chi connectivity index (χ1n) is 2.85. The van der Waals surface area contributed by atoms with Gasteiger partial charge in [-0.1, -0.05) is 0 Å². The molecule has 0 saturated heterocycles. The Hall–Kier alpha value is -0.200. The molecule has 0 aliphatic heterocycles. The molecule has 0 heterocycles. The summed E-state index contributed by atoms with van der Waals surface area (Å²) < 4.78 is 0. The fourth-order valence-corrected chi connectivity index (χ4v) is 0.582. The second kappa shape index (κ2) is 4.63. The van der Waals surface area contributed by atoms with Gasteiger partial charge < -0.3 is 20.4 Å². The largest absolute Gasteiger partial charge is 0.394 e. The highest BCUT2D eigenvalue weighted by Crippen LogP contribution is 2.02. The van der Waals surface area contributed by atoms with Crippen molar-refractivity contribution in [2.75, 3.05) is 6.61 Å². The fraction of sp³-hybridized carbons (Fsp3) is 0.800. The Morgan fingerprint density at radius 3 is 2.09 bits per heavy atom. The second-order valence-corrected chi connectivity index (χ2v) is 2.36. The zero-order valence-electron chi connectivity index (χ0n) is 5.51. The van der Waals surface area contributed by atoms with Gasteiger partial charge in [0, 0.05) is 0 Å². The van der Waals surface area contributed by atoms with Crippen molar-refractivity contribution in [3.05, 3.63) is 0 Å². The summed E-state index contributed by atoms with van der Waals surface area (Å²) in [6, 6.07) is 0. The highest BCUT2D eigenvalue weighted by molar-refractivity contribution is 6.64. The van der Waals surface area contributed by atoms with Gasteiger partial charge in [0.05, 0.1) is 6.61 Å². The molecule has 0 amide bonds. The minimum atomic E-state index is -1.86. The standard InChI is InChI=1S/C5H9ClO5/c6-5(11)4(10)3(9)2(8)1-7/h2-4,7-10H,1H2/t2-,3+,4-/m1/s1. The fourth-order valence-electron chi connectivity index (χ4n) is 0.453. The quantitative estimate of drug-likeness (QED) is 0.373. The van der Waals surface area contributed by atoms with Crippen LogP contribution in [-0.2, 0) is 4.79 Å². The topological polar surface area (TPSA) is 98.0 Å². The van der Waals surface area contributed by atoms with E-state index < -0.39 is 30.2 Å². The molecule has 0 aromatic heterocycles. The van der Waals surface area contributed by atoms with E-state index in [1.54, 1.807) is 0 Å². The number of carbonyl (C=O) groups is 1. The first-order valence-corrected chi connectivity index (χ1v) is 3.23. The highest BCUT2D eigenvalue weighted by Gasteiger charge is 2.28. The summed E-state index contributed by atoms with van der Waals surface area (Å²) in [5.41, 5.74) is 0. The number of aliphatic hydroxyl groups excluding tert-OH is 4. The molecule has 0 fully saturated rings. The van der Waals surface area contributed by atoms with Crippen molar-refractivity contribution >= 4 is 16.8 Å². The molecule has 0 aliphatic rings. The van der Waals surface area contributed by atoms with Crippen molar-refractivity contribution in [1.82, 2.24) is 0 Å². The van der Waals surface area contributed by atoms with Crippen molar-refractivity contribution in [2.45, 2.75) is 18.3 Å². The maximum absolute atomic E-state index is 10.2. The lowest BCUT2D eigenvalue weighted by atomic mass is 10.1. The van der Waals surface area contributed by atoms with Gasteiger partial charge in [-0.2, -0.15) is 0 Å². The molecule has 0 rings (SSSR count). The molecule has 6 heteroatoms. The Morgan fingerprint density at radius 1 is 1.36 bits per heavy atom. The third kappa shape index (κ3) is 3.13. The summed E-state index contributed by atoms with van der Waals surface area (Å²) in [5, 5.41) is 33.2.